The summed E-state index contributed by atoms with van der Waals surface area (Å²) in [6.07, 6.45) is 6.02. The highest BCUT2D eigenvalue weighted by Gasteiger charge is 2.30. The van der Waals surface area contributed by atoms with E-state index in [4.69, 9.17) is 18.3 Å². The van der Waals surface area contributed by atoms with Gasteiger partial charge in [-0.3, -0.25) is 0 Å². The fraction of sp³-hybridized carbons (Fsp3) is 0.385. The monoisotopic (exact) mass is 1020 g/mol. The van der Waals surface area contributed by atoms with Crippen molar-refractivity contribution in [2.45, 2.75) is 62.9 Å². The highest BCUT2D eigenvalue weighted by molar-refractivity contribution is 7.99. The normalized spacial score (nSPS) is 12.1. The molecule has 2 aromatic heterocycles. The summed E-state index contributed by atoms with van der Waals surface area (Å²) in [5.41, 5.74) is 3.56. The largest absolute Gasteiger partial charge is 0.423 e. The standard InChI is InChI=1S/C52H64N10O8S2/c1-7-71-43(47-59-57-45(69-47)35-23-27-37(28-24-35)55-51(65)53-31-15-9-17-33-61(3)4)39-19-11-13-21-41(39)67-49(63)50(64)68-42-22-14-12-20-40(42)44(72-8-2)48-60-58-46(70-48)36-25-29-38(30-26-36)56-52(66)54-32-16-10-18-34-62(5)6/h11-14,19-30,43-44H,7-10,15-18,31-34H2,1-6H3,(H2,53,55,65)(H2,54,56,66). The first-order valence-corrected chi connectivity index (χ1v) is 26.1. The third-order valence-corrected chi connectivity index (χ3v) is 13.1. The number of benzene rings is 4. The number of thioether (sulfide) groups is 2. The SMILES string of the molecule is CCSC(c1nnc(-c2ccc(NC(=O)NCCCCCN(C)C)cc2)o1)c1ccccc1OC(=O)C(=O)Oc1ccccc1C(SCC)c1nnc(-c2ccc(NC(=O)NCCCCCN(C)C)cc2)o1. The lowest BCUT2D eigenvalue weighted by Gasteiger charge is -2.17. The summed E-state index contributed by atoms with van der Waals surface area (Å²) < 4.78 is 23.9. The highest BCUT2D eigenvalue weighted by atomic mass is 32.2. The van der Waals surface area contributed by atoms with E-state index in [2.05, 4.69) is 51.5 Å². The second kappa shape index (κ2) is 28.3. The molecule has 4 aromatic carbocycles. The van der Waals surface area contributed by atoms with Crippen LogP contribution in [0.1, 0.15) is 85.8 Å². The van der Waals surface area contributed by atoms with E-state index in [1.807, 2.05) is 42.0 Å². The van der Waals surface area contributed by atoms with Crippen molar-refractivity contribution in [3.05, 3.63) is 120 Å². The summed E-state index contributed by atoms with van der Waals surface area (Å²) in [6.45, 7) is 7.16. The van der Waals surface area contributed by atoms with Crippen LogP contribution in [-0.4, -0.2) is 120 Å². The van der Waals surface area contributed by atoms with Crippen LogP contribution in [0.4, 0.5) is 21.0 Å². The maximum absolute atomic E-state index is 13.5. The number of ether oxygens (including phenoxy) is 2. The van der Waals surface area contributed by atoms with Gasteiger partial charge in [0.2, 0.25) is 23.6 Å². The number of hydrogen-bond acceptors (Lipinski definition) is 16. The molecule has 0 saturated heterocycles. The number of unbranched alkanes of at least 4 members (excludes halogenated alkanes) is 4. The maximum atomic E-state index is 13.5. The van der Waals surface area contributed by atoms with Gasteiger partial charge in [0.05, 0.1) is 0 Å². The second-order valence-electron chi connectivity index (χ2n) is 17.1. The van der Waals surface area contributed by atoms with Gasteiger partial charge in [-0.05, 0) is 139 Å². The number of anilines is 2. The Morgan fingerprint density at radius 3 is 1.29 bits per heavy atom. The molecule has 0 aliphatic rings. The van der Waals surface area contributed by atoms with Crippen LogP contribution in [-0.2, 0) is 9.59 Å². The molecular weight excluding hydrogens is 957 g/mol. The summed E-state index contributed by atoms with van der Waals surface area (Å²) in [7, 11) is 8.19. The van der Waals surface area contributed by atoms with Gasteiger partial charge in [-0.2, -0.15) is 0 Å². The first-order chi connectivity index (χ1) is 34.9. The average Bonchev–Trinajstić information content (AvgIpc) is 4.07. The molecule has 0 fully saturated rings. The van der Waals surface area contributed by atoms with Gasteiger partial charge in [0.15, 0.2) is 0 Å². The van der Waals surface area contributed by atoms with Gasteiger partial charge in [0.1, 0.15) is 22.0 Å². The third kappa shape index (κ3) is 16.7. The molecule has 6 aromatic rings. The minimum absolute atomic E-state index is 0.118. The second-order valence-corrected chi connectivity index (χ2v) is 19.8. The molecule has 4 amide bonds. The number of aromatic nitrogens is 4. The molecule has 2 atom stereocenters. The fourth-order valence-electron chi connectivity index (χ4n) is 7.31. The van der Waals surface area contributed by atoms with Gasteiger partial charge in [0, 0.05) is 46.7 Å². The molecule has 0 aliphatic carbocycles. The summed E-state index contributed by atoms with van der Waals surface area (Å²) in [6, 6.07) is 27.2. The summed E-state index contributed by atoms with van der Waals surface area (Å²) in [5.74, 6) is 0.0839. The number of amides is 4. The molecule has 0 radical (unpaired) electrons. The van der Waals surface area contributed by atoms with Gasteiger partial charge >= 0.3 is 24.0 Å². The molecule has 0 spiro atoms. The van der Waals surface area contributed by atoms with Gasteiger partial charge in [0.25, 0.3) is 0 Å². The number of nitrogens with zero attached hydrogens (tertiary/aromatic N) is 6. The molecule has 4 N–H and O–H groups in total. The summed E-state index contributed by atoms with van der Waals surface area (Å²) in [5, 5.41) is 27.7. The van der Waals surface area contributed by atoms with Gasteiger partial charge in [-0.15, -0.1) is 43.9 Å². The van der Waals surface area contributed by atoms with Crippen LogP contribution in [0.25, 0.3) is 22.9 Å². The number of hydrogen-bond donors (Lipinski definition) is 4. The van der Waals surface area contributed by atoms with E-state index in [1.165, 1.54) is 23.5 Å². The quantitative estimate of drug-likeness (QED) is 0.0172. The Balaban J connectivity index is 1.06. The third-order valence-electron chi connectivity index (χ3n) is 10.9. The lowest BCUT2D eigenvalue weighted by atomic mass is 10.1. The van der Waals surface area contributed by atoms with E-state index in [-0.39, 0.29) is 47.1 Å². The summed E-state index contributed by atoms with van der Waals surface area (Å²) >= 11 is 2.96. The lowest BCUT2D eigenvalue weighted by molar-refractivity contribution is -0.156. The lowest BCUT2D eigenvalue weighted by Crippen LogP contribution is -2.29. The number of esters is 2. The molecule has 2 heterocycles. The summed E-state index contributed by atoms with van der Waals surface area (Å²) in [4.78, 5) is 56.3. The predicted octanol–water partition coefficient (Wildman–Crippen LogP) is 9.69. The van der Waals surface area contributed by atoms with Crippen molar-refractivity contribution in [1.29, 1.82) is 0 Å². The Kier molecular flexibility index (Phi) is 21.5. The number of rotatable bonds is 26. The Labute approximate surface area is 429 Å². The average molecular weight is 1020 g/mol. The van der Waals surface area contributed by atoms with E-state index >= 15 is 0 Å². The molecule has 0 aliphatic heterocycles. The molecule has 72 heavy (non-hydrogen) atoms. The minimum atomic E-state index is -1.24. The minimum Gasteiger partial charge on any atom is -0.419 e. The van der Waals surface area contributed by atoms with E-state index in [1.54, 1.807) is 97.1 Å². The van der Waals surface area contributed by atoms with Crippen molar-refractivity contribution < 1.29 is 37.5 Å². The molecule has 382 valence electrons. The number of carbonyl (C=O) groups is 4. The number of nitrogens with one attached hydrogen (secondary N) is 4. The zero-order chi connectivity index (χ0) is 51.2. The zero-order valence-corrected chi connectivity index (χ0v) is 43.3. The van der Waals surface area contributed by atoms with Crippen LogP contribution in [0.5, 0.6) is 11.5 Å². The topological polar surface area (TPSA) is 219 Å². The van der Waals surface area contributed by atoms with Crippen molar-refractivity contribution in [2.75, 3.05) is 76.5 Å². The van der Waals surface area contributed by atoms with Gasteiger partial charge < -0.3 is 49.4 Å². The highest BCUT2D eigenvalue weighted by Crippen LogP contribution is 2.42. The van der Waals surface area contributed by atoms with Gasteiger partial charge in [-0.1, -0.05) is 63.1 Å². The van der Waals surface area contributed by atoms with Crippen molar-refractivity contribution in [3.8, 4) is 34.4 Å². The number of carbonyl (C=O) groups excluding carboxylic acids is 4. The maximum Gasteiger partial charge on any atom is 0.423 e. The van der Waals surface area contributed by atoms with E-state index in [0.29, 0.717) is 58.2 Å². The molecule has 0 saturated carbocycles. The Hall–Kier alpha value is -6.74. The Morgan fingerprint density at radius 1 is 0.528 bits per heavy atom. The first kappa shape index (κ1) is 54.6. The van der Waals surface area contributed by atoms with Crippen molar-refractivity contribution in [1.82, 2.24) is 40.8 Å². The van der Waals surface area contributed by atoms with Crippen LogP contribution in [0.3, 0.4) is 0 Å². The van der Waals surface area contributed by atoms with E-state index in [9.17, 15) is 19.2 Å². The van der Waals surface area contributed by atoms with Crippen LogP contribution in [0.15, 0.2) is 106 Å². The Bertz CT molecular complexity index is 2480. The van der Waals surface area contributed by atoms with Crippen molar-refractivity contribution in [2.24, 2.45) is 0 Å². The smallest absolute Gasteiger partial charge is 0.419 e. The van der Waals surface area contributed by atoms with Crippen LogP contribution in [0, 0.1) is 0 Å². The zero-order valence-electron chi connectivity index (χ0n) is 41.6. The van der Waals surface area contributed by atoms with Crippen molar-refractivity contribution >= 4 is 58.9 Å². The van der Waals surface area contributed by atoms with E-state index < -0.39 is 22.4 Å². The van der Waals surface area contributed by atoms with Crippen LogP contribution >= 0.6 is 23.5 Å². The molecule has 2 unspecified atom stereocenters. The predicted molar refractivity (Wildman–Crippen MR) is 282 cm³/mol. The van der Waals surface area contributed by atoms with Crippen LogP contribution < -0.4 is 30.7 Å². The number of para-hydroxylation sites is 2. The number of urea groups is 2. The molecule has 18 nitrogen and oxygen atoms in total. The molecular formula is C52H64N10O8S2. The van der Waals surface area contributed by atoms with Crippen LogP contribution in [0.2, 0.25) is 0 Å². The first-order valence-electron chi connectivity index (χ1n) is 24.0. The van der Waals surface area contributed by atoms with E-state index in [0.717, 1.165) is 51.6 Å². The molecule has 0 bridgehead atoms. The van der Waals surface area contributed by atoms with Gasteiger partial charge in [-0.25, -0.2) is 19.2 Å². The Morgan fingerprint density at radius 2 is 0.917 bits per heavy atom. The molecule has 20 heteroatoms. The van der Waals surface area contributed by atoms with Crippen molar-refractivity contribution in [3.63, 3.8) is 0 Å². The fourth-order valence-corrected chi connectivity index (χ4v) is 9.20. The molecule has 6 rings (SSSR count).